The van der Waals surface area contributed by atoms with E-state index in [1.165, 1.54) is 11.3 Å². The van der Waals surface area contributed by atoms with Crippen molar-refractivity contribution in [3.63, 3.8) is 0 Å². The van der Waals surface area contributed by atoms with Crippen LogP contribution < -0.4 is 10.1 Å². The van der Waals surface area contributed by atoms with E-state index in [1.807, 2.05) is 57.2 Å². The molecule has 100 valence electrons. The van der Waals surface area contributed by atoms with E-state index in [-0.39, 0.29) is 12.0 Å². The summed E-state index contributed by atoms with van der Waals surface area (Å²) in [6.07, 6.45) is 0.148. The Balaban J connectivity index is 2.01. The third-order valence-electron chi connectivity index (χ3n) is 2.45. The van der Waals surface area contributed by atoms with Crippen LogP contribution in [0.1, 0.15) is 28.4 Å². The molecule has 0 aliphatic rings. The highest BCUT2D eigenvalue weighted by Gasteiger charge is 2.08. The van der Waals surface area contributed by atoms with E-state index in [1.54, 1.807) is 0 Å². The molecule has 1 aromatic heterocycles. The van der Waals surface area contributed by atoms with Gasteiger partial charge in [0.05, 0.1) is 11.0 Å². The van der Waals surface area contributed by atoms with Gasteiger partial charge in [0.1, 0.15) is 5.75 Å². The molecular formula is C15H17NO2S. The topological polar surface area (TPSA) is 38.3 Å². The molecule has 2 rings (SSSR count). The summed E-state index contributed by atoms with van der Waals surface area (Å²) in [7, 11) is 0. The Morgan fingerprint density at radius 2 is 1.84 bits per heavy atom. The minimum Gasteiger partial charge on any atom is -0.491 e. The van der Waals surface area contributed by atoms with Crippen LogP contribution >= 0.6 is 11.3 Å². The summed E-state index contributed by atoms with van der Waals surface area (Å²) in [5.74, 6) is 0.732. The van der Waals surface area contributed by atoms with E-state index in [9.17, 15) is 4.79 Å². The molecule has 0 saturated carbocycles. The first kappa shape index (κ1) is 13.6. The number of benzene rings is 1. The number of thiophene rings is 1. The zero-order valence-electron chi connectivity index (χ0n) is 11.3. The maximum Gasteiger partial charge on any atom is 0.265 e. The molecule has 0 unspecified atom stereocenters. The zero-order chi connectivity index (χ0) is 13.8. The first-order valence-corrected chi connectivity index (χ1v) is 7.01. The van der Waals surface area contributed by atoms with E-state index in [0.29, 0.717) is 0 Å². The Morgan fingerprint density at radius 3 is 2.37 bits per heavy atom. The van der Waals surface area contributed by atoms with Crippen LogP contribution in [0.25, 0.3) is 0 Å². The molecule has 0 spiro atoms. The molecule has 3 nitrogen and oxygen atoms in total. The van der Waals surface area contributed by atoms with Crippen molar-refractivity contribution < 1.29 is 9.53 Å². The monoisotopic (exact) mass is 275 g/mol. The molecular weight excluding hydrogens is 258 g/mol. The van der Waals surface area contributed by atoms with Gasteiger partial charge in [0.25, 0.3) is 5.91 Å². The summed E-state index contributed by atoms with van der Waals surface area (Å²) in [4.78, 5) is 13.8. The number of anilines is 1. The molecule has 2 aromatic rings. The van der Waals surface area contributed by atoms with Gasteiger partial charge in [-0.2, -0.15) is 0 Å². The number of aryl methyl sites for hydroxylation is 1. The summed E-state index contributed by atoms with van der Waals surface area (Å²) in [5, 5.41) is 2.87. The Hall–Kier alpha value is -1.81. The summed E-state index contributed by atoms with van der Waals surface area (Å²) < 4.78 is 5.55. The lowest BCUT2D eigenvalue weighted by atomic mass is 10.3. The van der Waals surface area contributed by atoms with Gasteiger partial charge < -0.3 is 10.1 Å². The van der Waals surface area contributed by atoms with Gasteiger partial charge in [0.15, 0.2) is 0 Å². The Morgan fingerprint density at radius 1 is 1.16 bits per heavy atom. The third-order valence-corrected chi connectivity index (χ3v) is 3.45. The number of carbonyl (C=O) groups excluding carboxylic acids is 1. The van der Waals surface area contributed by atoms with Crippen molar-refractivity contribution in [1.29, 1.82) is 0 Å². The van der Waals surface area contributed by atoms with Gasteiger partial charge in [-0.3, -0.25) is 4.79 Å². The van der Waals surface area contributed by atoms with Gasteiger partial charge in [-0.1, -0.05) is 0 Å². The first-order chi connectivity index (χ1) is 9.04. The molecule has 0 radical (unpaired) electrons. The van der Waals surface area contributed by atoms with Crippen LogP contribution in [0.4, 0.5) is 5.69 Å². The standard InChI is InChI=1S/C15H17NO2S/c1-10(2)18-13-7-5-12(6-8-13)16-15(17)14-9-4-11(3)19-14/h4-10H,1-3H3,(H,16,17). The van der Waals surface area contributed by atoms with Gasteiger partial charge in [0.2, 0.25) is 0 Å². The van der Waals surface area contributed by atoms with Gasteiger partial charge in [-0.15, -0.1) is 11.3 Å². The predicted octanol–water partition coefficient (Wildman–Crippen LogP) is 4.10. The van der Waals surface area contributed by atoms with Gasteiger partial charge in [-0.05, 0) is 57.2 Å². The molecule has 0 bridgehead atoms. The third kappa shape index (κ3) is 3.83. The lowest BCUT2D eigenvalue weighted by Crippen LogP contribution is -2.10. The quantitative estimate of drug-likeness (QED) is 0.912. The van der Waals surface area contributed by atoms with Crippen molar-refractivity contribution in [2.45, 2.75) is 26.9 Å². The van der Waals surface area contributed by atoms with E-state index in [2.05, 4.69) is 5.32 Å². The predicted molar refractivity (Wildman–Crippen MR) is 79.2 cm³/mol. The van der Waals surface area contributed by atoms with Gasteiger partial charge >= 0.3 is 0 Å². The molecule has 4 heteroatoms. The van der Waals surface area contributed by atoms with E-state index < -0.39 is 0 Å². The van der Waals surface area contributed by atoms with Gasteiger partial charge in [-0.25, -0.2) is 0 Å². The Labute approximate surface area is 117 Å². The summed E-state index contributed by atoms with van der Waals surface area (Å²) >= 11 is 1.49. The summed E-state index contributed by atoms with van der Waals surface area (Å²) in [5.41, 5.74) is 0.771. The fourth-order valence-electron chi connectivity index (χ4n) is 1.64. The molecule has 0 saturated heterocycles. The van der Waals surface area contributed by atoms with Crippen LogP contribution in [0.3, 0.4) is 0 Å². The van der Waals surface area contributed by atoms with Crippen LogP contribution in [0, 0.1) is 6.92 Å². The van der Waals surface area contributed by atoms with Crippen LogP contribution in [0.5, 0.6) is 5.75 Å². The second kappa shape index (κ2) is 5.89. The number of ether oxygens (including phenoxy) is 1. The average Bonchev–Trinajstić information content (AvgIpc) is 2.78. The maximum atomic E-state index is 12.0. The molecule has 19 heavy (non-hydrogen) atoms. The summed E-state index contributed by atoms with van der Waals surface area (Å²) in [6.45, 7) is 5.95. The van der Waals surface area contributed by atoms with E-state index in [4.69, 9.17) is 4.74 Å². The number of amides is 1. The molecule has 1 heterocycles. The van der Waals surface area contributed by atoms with Crippen LogP contribution in [-0.2, 0) is 0 Å². The molecule has 1 amide bonds. The second-order valence-electron chi connectivity index (χ2n) is 4.56. The number of carbonyl (C=O) groups is 1. The van der Waals surface area contributed by atoms with Crippen molar-refractivity contribution >= 4 is 22.9 Å². The van der Waals surface area contributed by atoms with Crippen LogP contribution in [0.15, 0.2) is 36.4 Å². The summed E-state index contributed by atoms with van der Waals surface area (Å²) in [6, 6.07) is 11.2. The minimum atomic E-state index is -0.0735. The Kier molecular flexibility index (Phi) is 4.22. The lowest BCUT2D eigenvalue weighted by molar-refractivity contribution is 0.103. The van der Waals surface area contributed by atoms with E-state index >= 15 is 0 Å². The van der Waals surface area contributed by atoms with Gasteiger partial charge in [0, 0.05) is 10.6 Å². The molecule has 0 atom stereocenters. The van der Waals surface area contributed by atoms with Crippen molar-refractivity contribution in [2.24, 2.45) is 0 Å². The molecule has 0 aliphatic carbocycles. The largest absolute Gasteiger partial charge is 0.491 e. The lowest BCUT2D eigenvalue weighted by Gasteiger charge is -2.10. The van der Waals surface area contributed by atoms with Crippen molar-refractivity contribution in [1.82, 2.24) is 0 Å². The molecule has 1 aromatic carbocycles. The van der Waals surface area contributed by atoms with Crippen molar-refractivity contribution in [3.8, 4) is 5.75 Å². The fourth-order valence-corrected chi connectivity index (χ4v) is 2.40. The highest BCUT2D eigenvalue weighted by atomic mass is 32.1. The highest BCUT2D eigenvalue weighted by Crippen LogP contribution is 2.20. The number of rotatable bonds is 4. The number of hydrogen-bond donors (Lipinski definition) is 1. The zero-order valence-corrected chi connectivity index (χ0v) is 12.1. The second-order valence-corrected chi connectivity index (χ2v) is 5.84. The average molecular weight is 275 g/mol. The number of nitrogens with one attached hydrogen (secondary N) is 1. The Bertz CT molecular complexity index is 558. The fraction of sp³-hybridized carbons (Fsp3) is 0.267. The highest BCUT2D eigenvalue weighted by molar-refractivity contribution is 7.14. The normalized spacial score (nSPS) is 10.5. The molecule has 1 N–H and O–H groups in total. The first-order valence-electron chi connectivity index (χ1n) is 6.19. The SMILES string of the molecule is Cc1ccc(C(=O)Nc2ccc(OC(C)C)cc2)s1. The number of hydrogen-bond acceptors (Lipinski definition) is 3. The van der Waals surface area contributed by atoms with Crippen molar-refractivity contribution in [2.75, 3.05) is 5.32 Å². The molecule has 0 aliphatic heterocycles. The maximum absolute atomic E-state index is 12.0. The smallest absolute Gasteiger partial charge is 0.265 e. The van der Waals surface area contributed by atoms with Crippen molar-refractivity contribution in [3.05, 3.63) is 46.2 Å². The molecule has 0 fully saturated rings. The van der Waals surface area contributed by atoms with Crippen LogP contribution in [0.2, 0.25) is 0 Å². The van der Waals surface area contributed by atoms with E-state index in [0.717, 1.165) is 21.2 Å². The minimum absolute atomic E-state index is 0.0735. The van der Waals surface area contributed by atoms with Crippen LogP contribution in [-0.4, -0.2) is 12.0 Å².